The fourth-order valence-corrected chi connectivity index (χ4v) is 4.08. The van der Waals surface area contributed by atoms with E-state index in [1.54, 1.807) is 22.9 Å². The molecule has 0 aromatic carbocycles. The summed E-state index contributed by atoms with van der Waals surface area (Å²) in [4.78, 5) is 32.8. The highest BCUT2D eigenvalue weighted by Crippen LogP contribution is 2.31. The van der Waals surface area contributed by atoms with Gasteiger partial charge in [-0.15, -0.1) is 0 Å². The van der Waals surface area contributed by atoms with Crippen LogP contribution in [0.3, 0.4) is 0 Å². The van der Waals surface area contributed by atoms with Crippen molar-refractivity contribution in [1.29, 1.82) is 0 Å². The van der Waals surface area contributed by atoms with Gasteiger partial charge in [0.15, 0.2) is 0 Å². The standard InChI is InChI=1S/C25H30F3N3O3/c1-4-31(17(2)15-34-16-20-10-9-19(14-29-20)25(26,27)28)24(33)22-8-6-5-7-21(22)18-11-12-30(3)23(32)13-18/h6,8-10,13-14,17H,4-5,7,11-12,15-16H2,1-3H3/t17-/m0/s1. The van der Waals surface area contributed by atoms with Crippen LogP contribution in [0.15, 0.2) is 53.3 Å². The smallest absolute Gasteiger partial charge is 0.373 e. The Morgan fingerprint density at radius 3 is 2.68 bits per heavy atom. The van der Waals surface area contributed by atoms with E-state index in [0.29, 0.717) is 37.2 Å². The number of carbonyl (C=O) groups excluding carboxylic acids is 2. The van der Waals surface area contributed by atoms with E-state index in [2.05, 4.69) is 4.98 Å². The summed E-state index contributed by atoms with van der Waals surface area (Å²) in [5, 5.41) is 0. The second kappa shape index (κ2) is 11.0. The number of likely N-dealkylation sites (N-methyl/N-ethyl adjacent to an activating group) is 2. The van der Waals surface area contributed by atoms with E-state index in [1.165, 1.54) is 6.07 Å². The highest BCUT2D eigenvalue weighted by atomic mass is 19.4. The molecule has 1 aliphatic heterocycles. The first-order chi connectivity index (χ1) is 16.1. The van der Waals surface area contributed by atoms with Crippen molar-refractivity contribution in [3.05, 3.63) is 64.5 Å². The normalized spacial score (nSPS) is 17.6. The van der Waals surface area contributed by atoms with Crippen LogP contribution in [0.1, 0.15) is 44.4 Å². The molecule has 1 aromatic rings. The maximum atomic E-state index is 13.5. The molecule has 2 aliphatic rings. The number of hydrogen-bond donors (Lipinski definition) is 0. The molecule has 0 saturated heterocycles. The lowest BCUT2D eigenvalue weighted by Gasteiger charge is -2.31. The molecule has 0 spiro atoms. The number of allylic oxidation sites excluding steroid dienone is 2. The minimum atomic E-state index is -4.43. The van der Waals surface area contributed by atoms with Gasteiger partial charge < -0.3 is 14.5 Å². The largest absolute Gasteiger partial charge is 0.417 e. The molecule has 9 heteroatoms. The third kappa shape index (κ3) is 6.14. The summed E-state index contributed by atoms with van der Waals surface area (Å²) < 4.78 is 43.7. The summed E-state index contributed by atoms with van der Waals surface area (Å²) in [7, 11) is 1.76. The molecule has 0 saturated carbocycles. The highest BCUT2D eigenvalue weighted by molar-refractivity contribution is 5.99. The summed E-state index contributed by atoms with van der Waals surface area (Å²) in [5.74, 6) is -0.175. The van der Waals surface area contributed by atoms with E-state index in [4.69, 9.17) is 4.74 Å². The molecule has 1 aliphatic carbocycles. The van der Waals surface area contributed by atoms with Crippen molar-refractivity contribution in [2.75, 3.05) is 26.7 Å². The molecular formula is C25H30F3N3O3. The summed E-state index contributed by atoms with van der Waals surface area (Å²) >= 11 is 0. The number of rotatable bonds is 8. The predicted molar refractivity (Wildman–Crippen MR) is 121 cm³/mol. The van der Waals surface area contributed by atoms with Crippen LogP contribution >= 0.6 is 0 Å². The Balaban J connectivity index is 1.66. The van der Waals surface area contributed by atoms with Crippen molar-refractivity contribution in [1.82, 2.24) is 14.8 Å². The zero-order valence-electron chi connectivity index (χ0n) is 19.7. The van der Waals surface area contributed by atoms with Gasteiger partial charge in [0, 0.05) is 38.0 Å². The Labute approximate surface area is 197 Å². The second-order valence-corrected chi connectivity index (χ2v) is 8.50. The number of pyridine rings is 1. The van der Waals surface area contributed by atoms with E-state index in [-0.39, 0.29) is 31.1 Å². The predicted octanol–water partition coefficient (Wildman–Crippen LogP) is 4.29. The molecule has 1 aromatic heterocycles. The topological polar surface area (TPSA) is 62.7 Å². The molecule has 1 atom stereocenters. The second-order valence-electron chi connectivity index (χ2n) is 8.50. The van der Waals surface area contributed by atoms with Gasteiger partial charge in [0.05, 0.1) is 30.5 Å². The zero-order chi connectivity index (χ0) is 24.9. The van der Waals surface area contributed by atoms with E-state index in [9.17, 15) is 22.8 Å². The van der Waals surface area contributed by atoms with Gasteiger partial charge in [-0.1, -0.05) is 12.2 Å². The molecule has 6 nitrogen and oxygen atoms in total. The van der Waals surface area contributed by atoms with Crippen LogP contribution in [-0.2, 0) is 27.1 Å². The fourth-order valence-electron chi connectivity index (χ4n) is 4.08. The van der Waals surface area contributed by atoms with Gasteiger partial charge in [0.1, 0.15) is 0 Å². The summed E-state index contributed by atoms with van der Waals surface area (Å²) in [6.45, 7) is 5.10. The molecule has 0 bridgehead atoms. The molecule has 0 fully saturated rings. The summed E-state index contributed by atoms with van der Waals surface area (Å²) in [5.41, 5.74) is 2.03. The van der Waals surface area contributed by atoms with Crippen LogP contribution in [0.25, 0.3) is 0 Å². The zero-order valence-corrected chi connectivity index (χ0v) is 19.7. The van der Waals surface area contributed by atoms with Crippen molar-refractivity contribution in [2.24, 2.45) is 0 Å². The van der Waals surface area contributed by atoms with Crippen LogP contribution in [0.5, 0.6) is 0 Å². The number of aromatic nitrogens is 1. The first kappa shape index (κ1) is 25.7. The summed E-state index contributed by atoms with van der Waals surface area (Å²) in [6, 6.07) is 2.00. The van der Waals surface area contributed by atoms with Gasteiger partial charge in [-0.2, -0.15) is 13.2 Å². The molecular weight excluding hydrogens is 447 g/mol. The molecule has 184 valence electrons. The minimum absolute atomic E-state index is 0.0462. The Bertz CT molecular complexity index is 997. The third-order valence-corrected chi connectivity index (χ3v) is 6.07. The lowest BCUT2D eigenvalue weighted by molar-refractivity contribution is -0.137. The lowest BCUT2D eigenvalue weighted by Crippen LogP contribution is -2.42. The third-order valence-electron chi connectivity index (χ3n) is 6.07. The first-order valence-electron chi connectivity index (χ1n) is 11.4. The van der Waals surface area contributed by atoms with E-state index < -0.39 is 11.7 Å². The van der Waals surface area contributed by atoms with Crippen molar-refractivity contribution >= 4 is 11.8 Å². The average Bonchev–Trinajstić information content (AvgIpc) is 2.81. The van der Waals surface area contributed by atoms with Crippen LogP contribution in [0, 0.1) is 0 Å². The van der Waals surface area contributed by atoms with E-state index >= 15 is 0 Å². The van der Waals surface area contributed by atoms with Crippen LogP contribution < -0.4 is 0 Å². The SMILES string of the molecule is CCN(C(=O)C1=C(C2=CC(=O)N(C)CC2)CCC=C1)[C@@H](C)COCc1ccc(C(F)(F)F)cn1. The molecule has 2 amide bonds. The first-order valence-corrected chi connectivity index (χ1v) is 11.4. The average molecular weight is 478 g/mol. The van der Waals surface area contributed by atoms with Crippen molar-refractivity contribution in [2.45, 2.75) is 51.9 Å². The highest BCUT2D eigenvalue weighted by Gasteiger charge is 2.31. The maximum Gasteiger partial charge on any atom is 0.417 e. The Morgan fingerprint density at radius 2 is 2.06 bits per heavy atom. The number of ether oxygens (including phenoxy) is 1. The van der Waals surface area contributed by atoms with Crippen LogP contribution in [0.2, 0.25) is 0 Å². The molecule has 0 radical (unpaired) electrons. The van der Waals surface area contributed by atoms with Gasteiger partial charge in [-0.25, -0.2) is 0 Å². The summed E-state index contributed by atoms with van der Waals surface area (Å²) in [6.07, 6.45) is 4.04. The number of alkyl halides is 3. The number of halogens is 3. The van der Waals surface area contributed by atoms with Gasteiger partial charge in [0.25, 0.3) is 5.91 Å². The van der Waals surface area contributed by atoms with Gasteiger partial charge in [0.2, 0.25) is 5.91 Å². The van der Waals surface area contributed by atoms with Crippen LogP contribution in [-0.4, -0.2) is 59.4 Å². The maximum absolute atomic E-state index is 13.5. The van der Waals surface area contributed by atoms with Gasteiger partial charge in [-0.3, -0.25) is 14.6 Å². The number of hydrogen-bond acceptors (Lipinski definition) is 4. The quantitative estimate of drug-likeness (QED) is 0.561. The monoisotopic (exact) mass is 477 g/mol. The number of carbonyl (C=O) groups is 2. The molecule has 0 N–H and O–H groups in total. The fraction of sp³-hybridized carbons (Fsp3) is 0.480. The Kier molecular flexibility index (Phi) is 8.30. The molecule has 2 heterocycles. The van der Waals surface area contributed by atoms with E-state index in [1.807, 2.05) is 26.0 Å². The van der Waals surface area contributed by atoms with Crippen molar-refractivity contribution < 1.29 is 27.5 Å². The number of nitrogens with zero attached hydrogens (tertiary/aromatic N) is 3. The van der Waals surface area contributed by atoms with Crippen molar-refractivity contribution in [3.63, 3.8) is 0 Å². The molecule has 0 unspecified atom stereocenters. The van der Waals surface area contributed by atoms with Gasteiger partial charge in [-0.05, 0) is 56.4 Å². The minimum Gasteiger partial charge on any atom is -0.373 e. The van der Waals surface area contributed by atoms with Crippen LogP contribution in [0.4, 0.5) is 13.2 Å². The molecule has 34 heavy (non-hydrogen) atoms. The lowest BCUT2D eigenvalue weighted by atomic mass is 9.87. The molecule has 3 rings (SSSR count). The van der Waals surface area contributed by atoms with E-state index in [0.717, 1.165) is 29.8 Å². The Hall–Kier alpha value is -2.94. The Morgan fingerprint density at radius 1 is 1.29 bits per heavy atom. The van der Waals surface area contributed by atoms with Gasteiger partial charge >= 0.3 is 6.18 Å². The number of amides is 2. The van der Waals surface area contributed by atoms with Crippen molar-refractivity contribution in [3.8, 4) is 0 Å².